The molecule has 1 aromatic heterocycles. The van der Waals surface area contributed by atoms with E-state index in [4.69, 9.17) is 5.73 Å². The number of nitrogens with two attached hydrogens (primary N) is 1. The van der Waals surface area contributed by atoms with Crippen LogP contribution in [0.5, 0.6) is 0 Å². The molecule has 3 N–H and O–H groups in total. The fourth-order valence-electron chi connectivity index (χ4n) is 2.35. The van der Waals surface area contributed by atoms with Crippen molar-refractivity contribution >= 4 is 11.3 Å². The molecule has 0 spiro atoms. The molecule has 0 amide bonds. The third-order valence-electron chi connectivity index (χ3n) is 3.50. The molecule has 1 heterocycles. The maximum absolute atomic E-state index is 5.52. The summed E-state index contributed by atoms with van der Waals surface area (Å²) in [6.07, 6.45) is 6.39. The first-order valence-electron chi connectivity index (χ1n) is 6.62. The van der Waals surface area contributed by atoms with Gasteiger partial charge in [-0.25, -0.2) is 4.98 Å². The molecule has 96 valence electrons. The average Bonchev–Trinajstić information content (AvgIpc) is 2.92. The molecule has 0 bridgehead atoms. The van der Waals surface area contributed by atoms with Gasteiger partial charge in [-0.05, 0) is 31.2 Å². The maximum atomic E-state index is 5.52. The fourth-order valence-corrected chi connectivity index (χ4v) is 3.16. The van der Waals surface area contributed by atoms with Gasteiger partial charge in [0, 0.05) is 24.9 Å². The Morgan fingerprint density at radius 3 is 3.00 bits per heavy atom. The first-order chi connectivity index (χ1) is 8.28. The molecule has 1 aliphatic carbocycles. The minimum Gasteiger partial charge on any atom is -0.330 e. The molecule has 4 heteroatoms. The summed E-state index contributed by atoms with van der Waals surface area (Å²) in [6.45, 7) is 5.04. The van der Waals surface area contributed by atoms with Crippen molar-refractivity contribution in [3.8, 4) is 0 Å². The molecular weight excluding hydrogens is 230 g/mol. The molecule has 17 heavy (non-hydrogen) atoms. The SMILES string of the molecule is CCCC1(CNCc2csc(CCN)n2)CC1. The van der Waals surface area contributed by atoms with E-state index in [2.05, 4.69) is 22.6 Å². The van der Waals surface area contributed by atoms with Crippen LogP contribution in [0.3, 0.4) is 0 Å². The topological polar surface area (TPSA) is 50.9 Å². The molecule has 0 radical (unpaired) electrons. The Bertz CT molecular complexity index is 344. The average molecular weight is 253 g/mol. The van der Waals surface area contributed by atoms with E-state index >= 15 is 0 Å². The molecule has 0 unspecified atom stereocenters. The normalized spacial score (nSPS) is 17.3. The monoisotopic (exact) mass is 253 g/mol. The maximum Gasteiger partial charge on any atom is 0.0941 e. The van der Waals surface area contributed by atoms with Gasteiger partial charge in [0.25, 0.3) is 0 Å². The van der Waals surface area contributed by atoms with Crippen molar-refractivity contribution in [1.82, 2.24) is 10.3 Å². The van der Waals surface area contributed by atoms with Gasteiger partial charge in [0.05, 0.1) is 10.7 Å². The van der Waals surface area contributed by atoms with Gasteiger partial charge < -0.3 is 11.1 Å². The van der Waals surface area contributed by atoms with Crippen molar-refractivity contribution in [2.75, 3.05) is 13.1 Å². The highest BCUT2D eigenvalue weighted by Gasteiger charge is 2.40. The molecule has 2 rings (SSSR count). The zero-order chi connectivity index (χ0) is 12.1. The number of nitrogens with zero attached hydrogens (tertiary/aromatic N) is 1. The predicted octanol–water partition coefficient (Wildman–Crippen LogP) is 2.31. The van der Waals surface area contributed by atoms with Crippen molar-refractivity contribution < 1.29 is 0 Å². The minimum absolute atomic E-state index is 0.630. The van der Waals surface area contributed by atoms with Crippen LogP contribution in [-0.2, 0) is 13.0 Å². The van der Waals surface area contributed by atoms with Gasteiger partial charge in [0.15, 0.2) is 0 Å². The molecular formula is C13H23N3S. The lowest BCUT2D eigenvalue weighted by atomic mass is 10.0. The van der Waals surface area contributed by atoms with E-state index in [1.54, 1.807) is 11.3 Å². The Morgan fingerprint density at radius 2 is 2.35 bits per heavy atom. The van der Waals surface area contributed by atoms with E-state index < -0.39 is 0 Å². The second-order valence-corrected chi connectivity index (χ2v) is 6.07. The zero-order valence-electron chi connectivity index (χ0n) is 10.7. The zero-order valence-corrected chi connectivity index (χ0v) is 11.5. The molecule has 1 fully saturated rings. The third kappa shape index (κ3) is 3.76. The number of aromatic nitrogens is 1. The van der Waals surface area contributed by atoms with Crippen LogP contribution >= 0.6 is 11.3 Å². The predicted molar refractivity (Wildman–Crippen MR) is 73.2 cm³/mol. The first-order valence-corrected chi connectivity index (χ1v) is 7.50. The number of hydrogen-bond donors (Lipinski definition) is 2. The van der Waals surface area contributed by atoms with Crippen molar-refractivity contribution in [1.29, 1.82) is 0 Å². The van der Waals surface area contributed by atoms with Gasteiger partial charge in [-0.15, -0.1) is 11.3 Å². The molecule has 3 nitrogen and oxygen atoms in total. The largest absolute Gasteiger partial charge is 0.330 e. The van der Waals surface area contributed by atoms with Crippen molar-refractivity contribution in [2.45, 2.75) is 45.6 Å². The Morgan fingerprint density at radius 1 is 1.53 bits per heavy atom. The lowest BCUT2D eigenvalue weighted by Gasteiger charge is -2.14. The molecule has 1 saturated carbocycles. The Labute approximate surface area is 108 Å². The van der Waals surface area contributed by atoms with Crippen molar-refractivity contribution in [3.05, 3.63) is 16.1 Å². The molecule has 0 saturated heterocycles. The van der Waals surface area contributed by atoms with E-state index in [-0.39, 0.29) is 0 Å². The molecule has 0 atom stereocenters. The summed E-state index contributed by atoms with van der Waals surface area (Å²) in [7, 11) is 0. The van der Waals surface area contributed by atoms with Gasteiger partial charge in [-0.2, -0.15) is 0 Å². The van der Waals surface area contributed by atoms with Gasteiger partial charge in [-0.1, -0.05) is 13.3 Å². The summed E-state index contributed by atoms with van der Waals surface area (Å²) in [6, 6.07) is 0. The summed E-state index contributed by atoms with van der Waals surface area (Å²) < 4.78 is 0. The van der Waals surface area contributed by atoms with Crippen LogP contribution in [0, 0.1) is 5.41 Å². The highest BCUT2D eigenvalue weighted by atomic mass is 32.1. The van der Waals surface area contributed by atoms with E-state index in [0.717, 1.165) is 19.5 Å². The standard InChI is InChI=1S/C13H23N3S/c1-2-4-13(5-6-13)10-15-8-11-9-17-12(16-11)3-7-14/h9,15H,2-8,10,14H2,1H3. The number of hydrogen-bond acceptors (Lipinski definition) is 4. The van der Waals surface area contributed by atoms with Crippen LogP contribution in [0.4, 0.5) is 0 Å². The smallest absolute Gasteiger partial charge is 0.0941 e. The fraction of sp³-hybridized carbons (Fsp3) is 0.769. The highest BCUT2D eigenvalue weighted by molar-refractivity contribution is 7.09. The quantitative estimate of drug-likeness (QED) is 0.747. The Balaban J connectivity index is 1.70. The van der Waals surface area contributed by atoms with Crippen molar-refractivity contribution in [3.63, 3.8) is 0 Å². The van der Waals surface area contributed by atoms with Crippen molar-refractivity contribution in [2.24, 2.45) is 11.1 Å². The van der Waals surface area contributed by atoms with E-state index in [1.807, 2.05) is 0 Å². The van der Waals surface area contributed by atoms with Crippen LogP contribution in [-0.4, -0.2) is 18.1 Å². The van der Waals surface area contributed by atoms with Crippen LogP contribution in [0.25, 0.3) is 0 Å². The Kier molecular flexibility index (Phi) is 4.54. The van der Waals surface area contributed by atoms with E-state index in [0.29, 0.717) is 12.0 Å². The second kappa shape index (κ2) is 5.94. The molecule has 1 aliphatic rings. The van der Waals surface area contributed by atoms with Crippen LogP contribution in [0.2, 0.25) is 0 Å². The van der Waals surface area contributed by atoms with Gasteiger partial charge >= 0.3 is 0 Å². The second-order valence-electron chi connectivity index (χ2n) is 5.12. The first kappa shape index (κ1) is 13.0. The summed E-state index contributed by atoms with van der Waals surface area (Å²) in [4.78, 5) is 4.56. The summed E-state index contributed by atoms with van der Waals surface area (Å²) in [5.41, 5.74) is 7.32. The summed E-state index contributed by atoms with van der Waals surface area (Å²) in [5, 5.41) is 6.87. The number of nitrogens with one attached hydrogen (secondary N) is 1. The van der Waals surface area contributed by atoms with Gasteiger partial charge in [0.1, 0.15) is 0 Å². The summed E-state index contributed by atoms with van der Waals surface area (Å²) in [5.74, 6) is 0. The van der Waals surface area contributed by atoms with Gasteiger partial charge in [0.2, 0.25) is 0 Å². The number of thiazole rings is 1. The molecule has 1 aromatic rings. The molecule has 0 aliphatic heterocycles. The molecule has 0 aromatic carbocycles. The van der Waals surface area contributed by atoms with E-state index in [9.17, 15) is 0 Å². The lowest BCUT2D eigenvalue weighted by molar-refractivity contribution is 0.419. The van der Waals surface area contributed by atoms with Crippen LogP contribution in [0.1, 0.15) is 43.3 Å². The van der Waals surface area contributed by atoms with Crippen LogP contribution < -0.4 is 11.1 Å². The lowest BCUT2D eigenvalue weighted by Crippen LogP contribution is -2.23. The highest BCUT2D eigenvalue weighted by Crippen LogP contribution is 2.48. The minimum atomic E-state index is 0.630. The summed E-state index contributed by atoms with van der Waals surface area (Å²) >= 11 is 1.73. The number of rotatable bonds is 8. The van der Waals surface area contributed by atoms with E-state index in [1.165, 1.54) is 36.4 Å². The Hall–Kier alpha value is -0.450. The van der Waals surface area contributed by atoms with Crippen LogP contribution in [0.15, 0.2) is 5.38 Å². The third-order valence-corrected chi connectivity index (χ3v) is 4.46. The van der Waals surface area contributed by atoms with Gasteiger partial charge in [-0.3, -0.25) is 0 Å².